The van der Waals surface area contributed by atoms with Gasteiger partial charge < -0.3 is 63.0 Å². The van der Waals surface area contributed by atoms with E-state index >= 15 is 0 Å². The summed E-state index contributed by atoms with van der Waals surface area (Å²) in [5.41, 5.74) is 2.25. The zero-order valence-electron chi connectivity index (χ0n) is 53.8. The van der Waals surface area contributed by atoms with Crippen molar-refractivity contribution in [2.45, 2.75) is 51.9 Å². The average Bonchev–Trinajstić information content (AvgIpc) is 0.918. The predicted octanol–water partition coefficient (Wildman–Crippen LogP) is 8.10. The maximum Gasteiger partial charge on any atom is 0.255 e. The van der Waals surface area contributed by atoms with Crippen LogP contribution in [0, 0.1) is 0 Å². The first-order valence-electron chi connectivity index (χ1n) is 31.6. The Morgan fingerprint density at radius 1 is 0.260 bits per heavy atom. The normalized spacial score (nSPS) is 12.3. The van der Waals surface area contributed by atoms with E-state index in [0.717, 1.165) is 22.3 Å². The predicted molar refractivity (Wildman–Crippen MR) is 364 cm³/mol. The van der Waals surface area contributed by atoms with Crippen LogP contribution in [0.4, 0.5) is 0 Å². The molecule has 8 aromatic carbocycles. The highest BCUT2D eigenvalue weighted by Crippen LogP contribution is 2.28. The molecule has 8 rings (SSSR count). The molecule has 8 aromatic rings. The van der Waals surface area contributed by atoms with Crippen molar-refractivity contribution in [3.63, 3.8) is 0 Å². The first-order chi connectivity index (χ1) is 46.3. The van der Waals surface area contributed by atoms with Gasteiger partial charge in [-0.1, -0.05) is 146 Å². The van der Waals surface area contributed by atoms with Crippen LogP contribution in [0.1, 0.15) is 157 Å². The van der Waals surface area contributed by atoms with E-state index in [1.165, 1.54) is 72.8 Å². The number of nitrogens with one attached hydrogen (secondary N) is 8. The van der Waals surface area contributed by atoms with E-state index in [4.69, 9.17) is 0 Å². The second-order valence-corrected chi connectivity index (χ2v) is 22.9. The Bertz CT molecular complexity index is 3500. The summed E-state index contributed by atoms with van der Waals surface area (Å²) < 4.78 is 0. The standard InChI is InChI=1S/C74H80N10O12/c1-47(51-21-9-5-10-22-51)79-71(93)59-33-17-29-55(63(59)85)67(89)75-37-41-83(42-38-76-68(90)56-30-18-34-60(64(56)86)72(94)80-48(2)52-23-11-6-12-24-52)45-46-84(43-39-77-69(91)57-31-19-35-61(65(57)87)73(95)81-49(3)53-25-13-7-14-26-53)44-40-78-70(92)58-32-20-36-62(66(58)88)74(96)82-50(4)54-27-15-8-16-28-54/h5-36,47-50,85-88H,37-46H2,1-4H3,(H,75,89)(H,76,90)(H,77,91)(H,78,92)(H,79,93)(H,80,94)(H,81,95)(H,82,96)/t47-,48-,49-,50-/m0/s1. The van der Waals surface area contributed by atoms with E-state index < -0.39 is 94.4 Å². The van der Waals surface area contributed by atoms with Crippen LogP contribution in [-0.4, -0.2) is 143 Å². The van der Waals surface area contributed by atoms with E-state index in [9.17, 15) is 58.8 Å². The maximum absolute atomic E-state index is 13.8. The molecular formula is C74H80N10O12. The Balaban J connectivity index is 0.983. The van der Waals surface area contributed by atoms with Gasteiger partial charge in [0.25, 0.3) is 47.3 Å². The monoisotopic (exact) mass is 1300 g/mol. The van der Waals surface area contributed by atoms with Gasteiger partial charge in [0.1, 0.15) is 23.0 Å². The quantitative estimate of drug-likeness (QED) is 0.0195. The summed E-state index contributed by atoms with van der Waals surface area (Å²) in [6.07, 6.45) is 0. The molecule has 8 amide bonds. The van der Waals surface area contributed by atoms with Crippen LogP contribution in [0.3, 0.4) is 0 Å². The third-order valence-electron chi connectivity index (χ3n) is 16.3. The fourth-order valence-corrected chi connectivity index (χ4v) is 10.7. The molecule has 0 aliphatic carbocycles. The summed E-state index contributed by atoms with van der Waals surface area (Å²) >= 11 is 0. The van der Waals surface area contributed by atoms with E-state index in [1.807, 2.05) is 131 Å². The minimum Gasteiger partial charge on any atom is -0.506 e. The second-order valence-electron chi connectivity index (χ2n) is 22.9. The first kappa shape index (κ1) is 70.5. The molecule has 0 bridgehead atoms. The molecule has 0 radical (unpaired) electrons. The Labute approximate surface area is 557 Å². The van der Waals surface area contributed by atoms with Crippen LogP contribution < -0.4 is 42.5 Å². The third kappa shape index (κ3) is 19.1. The molecular weight excluding hydrogens is 1220 g/mol. The van der Waals surface area contributed by atoms with Crippen LogP contribution in [-0.2, 0) is 0 Å². The van der Waals surface area contributed by atoms with Crippen LogP contribution in [0.2, 0.25) is 0 Å². The molecule has 96 heavy (non-hydrogen) atoms. The van der Waals surface area contributed by atoms with E-state index in [-0.39, 0.29) is 110 Å². The molecule has 22 heteroatoms. The summed E-state index contributed by atoms with van der Waals surface area (Å²) in [4.78, 5) is 113. The van der Waals surface area contributed by atoms with Crippen molar-refractivity contribution in [2.24, 2.45) is 0 Å². The van der Waals surface area contributed by atoms with Gasteiger partial charge in [-0.2, -0.15) is 0 Å². The molecule has 0 spiro atoms. The highest BCUT2D eigenvalue weighted by atomic mass is 16.3. The lowest BCUT2D eigenvalue weighted by Crippen LogP contribution is -2.46. The van der Waals surface area contributed by atoms with Crippen molar-refractivity contribution in [3.05, 3.63) is 261 Å². The topological polar surface area (TPSA) is 320 Å². The summed E-state index contributed by atoms with van der Waals surface area (Å²) in [6, 6.07) is 52.3. The van der Waals surface area contributed by atoms with Crippen molar-refractivity contribution in [2.75, 3.05) is 65.4 Å². The lowest BCUT2D eigenvalue weighted by molar-refractivity contribution is 0.0912. The third-order valence-corrected chi connectivity index (χ3v) is 16.3. The Morgan fingerprint density at radius 2 is 0.438 bits per heavy atom. The van der Waals surface area contributed by atoms with Gasteiger partial charge in [-0.15, -0.1) is 0 Å². The zero-order chi connectivity index (χ0) is 68.7. The minimum atomic E-state index is -0.685. The Morgan fingerprint density at radius 3 is 0.625 bits per heavy atom. The van der Waals surface area contributed by atoms with Gasteiger partial charge >= 0.3 is 0 Å². The van der Waals surface area contributed by atoms with Gasteiger partial charge in [0.15, 0.2) is 0 Å². The van der Waals surface area contributed by atoms with Gasteiger partial charge in [0.2, 0.25) is 0 Å². The molecule has 0 unspecified atom stereocenters. The van der Waals surface area contributed by atoms with E-state index in [1.54, 1.807) is 27.7 Å². The first-order valence-corrected chi connectivity index (χ1v) is 31.6. The van der Waals surface area contributed by atoms with Crippen molar-refractivity contribution in [1.29, 1.82) is 0 Å². The number of amides is 8. The molecule has 0 aliphatic rings. The molecule has 4 atom stereocenters. The zero-order valence-corrected chi connectivity index (χ0v) is 53.8. The summed E-state index contributed by atoms with van der Waals surface area (Å²) in [5.74, 6) is -7.24. The number of para-hydroxylation sites is 4. The van der Waals surface area contributed by atoms with Crippen LogP contribution in [0.15, 0.2) is 194 Å². The largest absolute Gasteiger partial charge is 0.506 e. The van der Waals surface area contributed by atoms with Crippen LogP contribution in [0.5, 0.6) is 23.0 Å². The molecule has 0 aromatic heterocycles. The van der Waals surface area contributed by atoms with Gasteiger partial charge in [-0.3, -0.25) is 48.2 Å². The number of rotatable bonds is 31. The van der Waals surface area contributed by atoms with Crippen LogP contribution in [0.25, 0.3) is 0 Å². The molecule has 0 fully saturated rings. The summed E-state index contributed by atoms with van der Waals surface area (Å²) in [5, 5.41) is 68.0. The smallest absolute Gasteiger partial charge is 0.255 e. The Hall–Kier alpha value is -11.4. The lowest BCUT2D eigenvalue weighted by Gasteiger charge is -2.28. The summed E-state index contributed by atoms with van der Waals surface area (Å²) in [7, 11) is 0. The molecule has 0 saturated heterocycles. The van der Waals surface area contributed by atoms with Gasteiger partial charge in [-0.05, 0) is 98.5 Å². The molecule has 0 saturated carbocycles. The van der Waals surface area contributed by atoms with Crippen molar-refractivity contribution >= 4 is 47.3 Å². The SMILES string of the molecule is C[C@H](NC(=O)c1cccc(C(=O)NCCN(CCNC(=O)c2cccc(C(=O)N[C@@H](C)c3ccccc3)c2O)CCN(CCNC(=O)c2cccc(C(=O)N[C@@H](C)c3ccccc3)c2O)CCNC(=O)c2cccc(C(=O)N[C@@H](C)c3ccccc3)c2O)c1O)c1ccccc1. The van der Waals surface area contributed by atoms with Crippen molar-refractivity contribution in [1.82, 2.24) is 52.3 Å². The second kappa shape index (κ2) is 34.5. The van der Waals surface area contributed by atoms with Gasteiger partial charge in [0, 0.05) is 65.4 Å². The number of nitrogens with zero attached hydrogens (tertiary/aromatic N) is 2. The maximum atomic E-state index is 13.8. The number of carbonyl (C=O) groups is 8. The molecule has 498 valence electrons. The highest BCUT2D eigenvalue weighted by Gasteiger charge is 2.26. The Kier molecular flexibility index (Phi) is 25.4. The number of phenols is 4. The van der Waals surface area contributed by atoms with E-state index in [2.05, 4.69) is 42.5 Å². The number of aromatic hydroxyl groups is 4. The fourth-order valence-electron chi connectivity index (χ4n) is 10.7. The lowest BCUT2D eigenvalue weighted by atomic mass is 10.1. The number of hydrogen-bond acceptors (Lipinski definition) is 14. The van der Waals surface area contributed by atoms with E-state index in [0.29, 0.717) is 0 Å². The molecule has 0 heterocycles. The van der Waals surface area contributed by atoms with Gasteiger partial charge in [0.05, 0.1) is 68.7 Å². The van der Waals surface area contributed by atoms with Crippen LogP contribution >= 0.6 is 0 Å². The fraction of sp³-hybridized carbons (Fsp3) is 0.243. The molecule has 0 aliphatic heterocycles. The number of phenolic OH excluding ortho intramolecular Hbond substituents is 4. The van der Waals surface area contributed by atoms with Gasteiger partial charge in [-0.25, -0.2) is 0 Å². The number of hydrogen-bond donors (Lipinski definition) is 12. The molecule has 12 N–H and O–H groups in total. The highest BCUT2D eigenvalue weighted by molar-refractivity contribution is 6.07. The number of benzene rings is 8. The summed E-state index contributed by atoms with van der Waals surface area (Å²) in [6.45, 7) is 8.09. The minimum absolute atomic E-state index is 0.0172. The van der Waals surface area contributed by atoms with Crippen molar-refractivity contribution < 1.29 is 58.8 Å². The van der Waals surface area contributed by atoms with Crippen molar-refractivity contribution in [3.8, 4) is 23.0 Å². The number of carbonyl (C=O) groups excluding carboxylic acids is 8. The average molecular weight is 1300 g/mol. The molecule has 22 nitrogen and oxygen atoms in total.